The summed E-state index contributed by atoms with van der Waals surface area (Å²) in [7, 11) is 0. The van der Waals surface area contributed by atoms with Gasteiger partial charge < -0.3 is 4.98 Å². The third-order valence-electron chi connectivity index (χ3n) is 2.68. The molecule has 0 atom stereocenters. The Morgan fingerprint density at radius 3 is 2.89 bits per heavy atom. The standard InChI is InChI=1S/C13H11N3OS/c1-8-14-9(7-18-8)6-12-15-11-5-3-2-4-10(11)13(17)16-12/h2-5,7H,6H2,1H3,(H,15,16,17). The fourth-order valence-corrected chi connectivity index (χ4v) is 2.49. The summed E-state index contributed by atoms with van der Waals surface area (Å²) >= 11 is 1.60. The Morgan fingerprint density at radius 2 is 2.11 bits per heavy atom. The highest BCUT2D eigenvalue weighted by atomic mass is 32.1. The lowest BCUT2D eigenvalue weighted by atomic mass is 10.2. The highest BCUT2D eigenvalue weighted by Crippen LogP contribution is 2.12. The van der Waals surface area contributed by atoms with Gasteiger partial charge in [0.15, 0.2) is 0 Å². The highest BCUT2D eigenvalue weighted by molar-refractivity contribution is 7.09. The van der Waals surface area contributed by atoms with Gasteiger partial charge in [-0.3, -0.25) is 4.79 Å². The van der Waals surface area contributed by atoms with Crippen LogP contribution in [0, 0.1) is 6.92 Å². The predicted octanol–water partition coefficient (Wildman–Crippen LogP) is 2.28. The molecule has 90 valence electrons. The molecule has 3 rings (SSSR count). The van der Waals surface area contributed by atoms with Crippen LogP contribution in [0.4, 0.5) is 0 Å². The number of nitrogens with one attached hydrogen (secondary N) is 1. The number of H-pyrrole nitrogens is 1. The maximum Gasteiger partial charge on any atom is 0.258 e. The molecule has 0 aliphatic heterocycles. The first-order valence-electron chi connectivity index (χ1n) is 5.61. The average molecular weight is 257 g/mol. The minimum atomic E-state index is -0.0949. The second-order valence-corrected chi connectivity index (χ2v) is 5.13. The molecule has 0 radical (unpaired) electrons. The Morgan fingerprint density at radius 1 is 1.28 bits per heavy atom. The van der Waals surface area contributed by atoms with E-state index >= 15 is 0 Å². The Balaban J connectivity index is 2.05. The highest BCUT2D eigenvalue weighted by Gasteiger charge is 2.05. The molecule has 0 fully saturated rings. The largest absolute Gasteiger partial charge is 0.310 e. The lowest BCUT2D eigenvalue weighted by molar-refractivity contribution is 0.944. The lowest BCUT2D eigenvalue weighted by Crippen LogP contribution is -2.12. The molecule has 5 heteroatoms. The van der Waals surface area contributed by atoms with E-state index in [2.05, 4.69) is 15.0 Å². The summed E-state index contributed by atoms with van der Waals surface area (Å²) in [5, 5.41) is 3.63. The number of fused-ring (bicyclic) bond motifs is 1. The zero-order chi connectivity index (χ0) is 12.5. The van der Waals surface area contributed by atoms with Crippen molar-refractivity contribution in [1.29, 1.82) is 0 Å². The number of benzene rings is 1. The number of rotatable bonds is 2. The van der Waals surface area contributed by atoms with Crippen LogP contribution in [0.25, 0.3) is 10.9 Å². The number of nitrogens with zero attached hydrogens (tertiary/aromatic N) is 2. The minimum Gasteiger partial charge on any atom is -0.310 e. The quantitative estimate of drug-likeness (QED) is 0.766. The molecule has 0 unspecified atom stereocenters. The molecule has 0 aliphatic rings. The Kier molecular flexibility index (Phi) is 2.68. The SMILES string of the molecule is Cc1nc(Cc2nc3ccccc3c(=O)[nH]2)cs1. The van der Waals surface area contributed by atoms with Crippen molar-refractivity contribution in [2.75, 3.05) is 0 Å². The van der Waals surface area contributed by atoms with Crippen LogP contribution < -0.4 is 5.56 Å². The van der Waals surface area contributed by atoms with E-state index < -0.39 is 0 Å². The molecule has 0 spiro atoms. The van der Waals surface area contributed by atoms with Gasteiger partial charge in [-0.05, 0) is 19.1 Å². The van der Waals surface area contributed by atoms with Crippen LogP contribution in [0.3, 0.4) is 0 Å². The zero-order valence-electron chi connectivity index (χ0n) is 9.80. The van der Waals surface area contributed by atoms with Crippen molar-refractivity contribution in [3.05, 3.63) is 56.5 Å². The van der Waals surface area contributed by atoms with Crippen molar-refractivity contribution in [2.24, 2.45) is 0 Å². The van der Waals surface area contributed by atoms with Gasteiger partial charge in [0.25, 0.3) is 5.56 Å². The molecule has 18 heavy (non-hydrogen) atoms. The van der Waals surface area contributed by atoms with E-state index in [1.165, 1.54) is 0 Å². The van der Waals surface area contributed by atoms with E-state index in [4.69, 9.17) is 0 Å². The number of aryl methyl sites for hydroxylation is 1. The van der Waals surface area contributed by atoms with Crippen molar-refractivity contribution in [1.82, 2.24) is 15.0 Å². The molecular weight excluding hydrogens is 246 g/mol. The molecular formula is C13H11N3OS. The van der Waals surface area contributed by atoms with Crippen LogP contribution in [-0.4, -0.2) is 15.0 Å². The van der Waals surface area contributed by atoms with E-state index in [0.717, 1.165) is 16.2 Å². The Labute approximate surface area is 107 Å². The van der Waals surface area contributed by atoms with Crippen LogP contribution in [0.15, 0.2) is 34.4 Å². The molecule has 2 heterocycles. The third-order valence-corrected chi connectivity index (χ3v) is 3.50. The number of hydrogen-bond donors (Lipinski definition) is 1. The first kappa shape index (κ1) is 11.1. The summed E-state index contributed by atoms with van der Waals surface area (Å²) in [6.07, 6.45) is 0.560. The van der Waals surface area contributed by atoms with Gasteiger partial charge in [0, 0.05) is 11.8 Å². The number of aromatic amines is 1. The van der Waals surface area contributed by atoms with Crippen molar-refractivity contribution >= 4 is 22.2 Å². The lowest BCUT2D eigenvalue weighted by Gasteiger charge is -2.00. The predicted molar refractivity (Wildman–Crippen MR) is 72.0 cm³/mol. The van der Waals surface area contributed by atoms with Crippen LogP contribution in [0.1, 0.15) is 16.5 Å². The molecule has 1 aromatic carbocycles. The molecule has 1 N–H and O–H groups in total. The third kappa shape index (κ3) is 2.04. The van der Waals surface area contributed by atoms with Gasteiger partial charge >= 0.3 is 0 Å². The fourth-order valence-electron chi connectivity index (χ4n) is 1.88. The molecule has 2 aromatic heterocycles. The first-order chi connectivity index (χ1) is 8.72. The van der Waals surface area contributed by atoms with Crippen LogP contribution in [0.5, 0.6) is 0 Å². The summed E-state index contributed by atoms with van der Waals surface area (Å²) in [4.78, 5) is 23.5. The van der Waals surface area contributed by atoms with Crippen molar-refractivity contribution < 1.29 is 0 Å². The fraction of sp³-hybridized carbons (Fsp3) is 0.154. The van der Waals surface area contributed by atoms with Gasteiger partial charge in [-0.2, -0.15) is 0 Å². The van der Waals surface area contributed by atoms with Gasteiger partial charge in [-0.25, -0.2) is 9.97 Å². The normalized spacial score (nSPS) is 10.9. The number of hydrogen-bond acceptors (Lipinski definition) is 4. The molecule has 0 amide bonds. The van der Waals surface area contributed by atoms with Gasteiger partial charge in [0.05, 0.1) is 21.6 Å². The molecule has 0 aliphatic carbocycles. The maximum atomic E-state index is 11.9. The Bertz CT molecular complexity index is 760. The molecule has 4 nitrogen and oxygen atoms in total. The summed E-state index contributed by atoms with van der Waals surface area (Å²) in [6.45, 7) is 1.96. The second kappa shape index (κ2) is 4.34. The van der Waals surface area contributed by atoms with Crippen LogP contribution in [0.2, 0.25) is 0 Å². The van der Waals surface area contributed by atoms with Crippen molar-refractivity contribution in [3.8, 4) is 0 Å². The Hall–Kier alpha value is -2.01. The maximum absolute atomic E-state index is 11.9. The minimum absolute atomic E-state index is 0.0949. The second-order valence-electron chi connectivity index (χ2n) is 4.06. The van der Waals surface area contributed by atoms with Crippen molar-refractivity contribution in [2.45, 2.75) is 13.3 Å². The van der Waals surface area contributed by atoms with Gasteiger partial charge in [-0.1, -0.05) is 12.1 Å². The van der Waals surface area contributed by atoms with E-state index in [9.17, 15) is 4.79 Å². The van der Waals surface area contributed by atoms with Crippen LogP contribution >= 0.6 is 11.3 Å². The van der Waals surface area contributed by atoms with Crippen molar-refractivity contribution in [3.63, 3.8) is 0 Å². The monoisotopic (exact) mass is 257 g/mol. The van der Waals surface area contributed by atoms with E-state index in [-0.39, 0.29) is 5.56 Å². The summed E-state index contributed by atoms with van der Waals surface area (Å²) in [5.41, 5.74) is 1.57. The number of aromatic nitrogens is 3. The molecule has 0 bridgehead atoms. The van der Waals surface area contributed by atoms with E-state index in [0.29, 0.717) is 17.6 Å². The van der Waals surface area contributed by atoms with Gasteiger partial charge in [-0.15, -0.1) is 11.3 Å². The topological polar surface area (TPSA) is 58.6 Å². The van der Waals surface area contributed by atoms with Gasteiger partial charge in [0.1, 0.15) is 5.82 Å². The number of para-hydroxylation sites is 1. The van der Waals surface area contributed by atoms with E-state index in [1.807, 2.05) is 30.5 Å². The molecule has 3 aromatic rings. The summed E-state index contributed by atoms with van der Waals surface area (Å²) in [6, 6.07) is 7.34. The summed E-state index contributed by atoms with van der Waals surface area (Å²) in [5.74, 6) is 0.656. The molecule has 0 saturated carbocycles. The average Bonchev–Trinajstić information content (AvgIpc) is 2.75. The van der Waals surface area contributed by atoms with Gasteiger partial charge in [0.2, 0.25) is 0 Å². The smallest absolute Gasteiger partial charge is 0.258 e. The van der Waals surface area contributed by atoms with Crippen LogP contribution in [-0.2, 0) is 6.42 Å². The summed E-state index contributed by atoms with van der Waals surface area (Å²) < 4.78 is 0. The number of thiazole rings is 1. The molecule has 0 saturated heterocycles. The van der Waals surface area contributed by atoms with E-state index in [1.54, 1.807) is 17.4 Å². The zero-order valence-corrected chi connectivity index (χ0v) is 10.6. The first-order valence-corrected chi connectivity index (χ1v) is 6.49.